The number of fused-ring (bicyclic) bond motifs is 1. The zero-order chi connectivity index (χ0) is 25.0. The first-order valence-corrected chi connectivity index (χ1v) is 10.5. The van der Waals surface area contributed by atoms with Gasteiger partial charge < -0.3 is 19.3 Å². The van der Waals surface area contributed by atoms with Crippen LogP contribution in [-0.4, -0.2) is 57.2 Å². The van der Waals surface area contributed by atoms with Gasteiger partial charge in [0.2, 0.25) is 0 Å². The maximum atomic E-state index is 13.1. The second-order valence-electron chi connectivity index (χ2n) is 8.85. The number of rotatable bonds is 4. The van der Waals surface area contributed by atoms with Crippen molar-refractivity contribution in [3.63, 3.8) is 0 Å². The zero-order valence-electron chi connectivity index (χ0n) is 20.3. The third-order valence-electron chi connectivity index (χ3n) is 6.86. The number of halogens is 3. The van der Waals surface area contributed by atoms with Crippen LogP contribution in [0.25, 0.3) is 0 Å². The molecule has 0 radical (unpaired) electrons. The van der Waals surface area contributed by atoms with Crippen molar-refractivity contribution < 1.29 is 31.6 Å². The highest BCUT2D eigenvalue weighted by Gasteiger charge is 2.43. The highest BCUT2D eigenvalue weighted by atomic mass is 19.4. The van der Waals surface area contributed by atoms with Crippen LogP contribution in [0.15, 0.2) is 48.5 Å². The number of methoxy groups -OCH3 is 1. The van der Waals surface area contributed by atoms with Crippen LogP contribution in [0, 0.1) is 11.8 Å². The summed E-state index contributed by atoms with van der Waals surface area (Å²) in [6, 6.07) is 12.0. The molecular formula is C24H25F3N2O3. The Labute approximate surface area is 188 Å². The Bertz CT molecular complexity index is 1070. The van der Waals surface area contributed by atoms with Crippen molar-refractivity contribution in [2.24, 2.45) is 11.8 Å². The largest absolute Gasteiger partial charge is 0.416 e. The number of likely N-dealkylation sites (tertiary alicyclic amines) is 1. The minimum atomic E-state index is -4.35. The number of benzene rings is 2. The molecule has 3 fully saturated rings. The van der Waals surface area contributed by atoms with Crippen LogP contribution in [0.5, 0.6) is 0 Å². The van der Waals surface area contributed by atoms with E-state index >= 15 is 0 Å². The molecule has 0 N–H and O–H groups in total. The molecule has 0 saturated carbocycles. The minimum absolute atomic E-state index is 0.0947. The monoisotopic (exact) mass is 449 g/mol. The number of carbonyl (C=O) groups is 1. The second-order valence-corrected chi connectivity index (χ2v) is 8.85. The molecule has 5 rings (SSSR count). The van der Waals surface area contributed by atoms with Gasteiger partial charge in [0, 0.05) is 56.3 Å². The summed E-state index contributed by atoms with van der Waals surface area (Å²) in [5, 5.41) is 0. The van der Waals surface area contributed by atoms with Gasteiger partial charge in [0.15, 0.2) is 0 Å². The molecule has 5 nitrogen and oxygen atoms in total. The van der Waals surface area contributed by atoms with Crippen LogP contribution >= 0.6 is 0 Å². The fraction of sp³-hybridized carbons (Fsp3) is 0.458. The highest BCUT2D eigenvalue weighted by molar-refractivity contribution is 5.94. The van der Waals surface area contributed by atoms with Crippen molar-refractivity contribution in [2.75, 3.05) is 51.3 Å². The lowest BCUT2D eigenvalue weighted by Gasteiger charge is -2.40. The van der Waals surface area contributed by atoms with Gasteiger partial charge in [-0.2, -0.15) is 13.2 Å². The topological polar surface area (TPSA) is 42.0 Å². The number of anilines is 1. The van der Waals surface area contributed by atoms with Crippen molar-refractivity contribution >= 4 is 11.6 Å². The predicted octanol–water partition coefficient (Wildman–Crippen LogP) is 3.79. The van der Waals surface area contributed by atoms with Crippen LogP contribution < -0.4 is 4.90 Å². The molecule has 3 heterocycles. The molecule has 0 aliphatic carbocycles. The number of ether oxygens (including phenoxy) is 2. The first kappa shape index (κ1) is 17.9. The fourth-order valence-electron chi connectivity index (χ4n) is 4.90. The molecule has 0 bridgehead atoms. The Morgan fingerprint density at radius 3 is 2.16 bits per heavy atom. The molecule has 2 unspecified atom stereocenters. The summed E-state index contributed by atoms with van der Waals surface area (Å²) >= 11 is 0. The number of alkyl halides is 3. The maximum Gasteiger partial charge on any atom is 0.416 e. The molecule has 1 amide bonds. The lowest BCUT2D eigenvalue weighted by Crippen LogP contribution is -2.48. The van der Waals surface area contributed by atoms with Gasteiger partial charge in [-0.15, -0.1) is 0 Å². The van der Waals surface area contributed by atoms with Gasteiger partial charge in [0.25, 0.3) is 5.91 Å². The Hall–Kier alpha value is -2.58. The van der Waals surface area contributed by atoms with Crippen molar-refractivity contribution in [3.8, 4) is 0 Å². The summed E-state index contributed by atoms with van der Waals surface area (Å²) in [7, 11) is -2.56. The quantitative estimate of drug-likeness (QED) is 0.713. The first-order chi connectivity index (χ1) is 16.4. The van der Waals surface area contributed by atoms with E-state index in [2.05, 4.69) is 4.90 Å². The van der Waals surface area contributed by atoms with E-state index in [4.69, 9.17) is 13.6 Å². The van der Waals surface area contributed by atoms with Gasteiger partial charge in [-0.3, -0.25) is 4.79 Å². The predicted molar refractivity (Wildman–Crippen MR) is 112 cm³/mol. The van der Waals surface area contributed by atoms with E-state index in [1.807, 2.05) is 4.90 Å². The van der Waals surface area contributed by atoms with Gasteiger partial charge in [-0.1, -0.05) is 12.1 Å². The van der Waals surface area contributed by atoms with E-state index in [9.17, 15) is 18.0 Å². The lowest BCUT2D eigenvalue weighted by atomic mass is 9.91. The zero-order valence-corrected chi connectivity index (χ0v) is 17.3. The smallest absolute Gasteiger partial charge is 0.375 e. The summed E-state index contributed by atoms with van der Waals surface area (Å²) in [5.74, 6) is 0.412. The second kappa shape index (κ2) is 7.78. The van der Waals surface area contributed by atoms with E-state index in [1.165, 1.54) is 12.1 Å². The van der Waals surface area contributed by atoms with Crippen LogP contribution in [-0.2, 0) is 21.3 Å². The molecule has 3 saturated heterocycles. The third kappa shape index (κ3) is 3.65. The number of carbonyl (C=O) groups excluding carboxylic acids is 1. The summed E-state index contributed by atoms with van der Waals surface area (Å²) in [6.45, 7) is 2.83. The molecule has 2 atom stereocenters. The molecule has 0 spiro atoms. The normalized spacial score (nSPS) is 26.2. The summed E-state index contributed by atoms with van der Waals surface area (Å²) in [5.41, 5.74) is 0.233. The van der Waals surface area contributed by atoms with Crippen LogP contribution in [0.2, 0.25) is 0 Å². The Morgan fingerprint density at radius 1 is 1.03 bits per heavy atom. The standard InChI is InChI=1S/C24H25F3N2O3/c1-31-23(14-32-15-23)19-4-2-16(3-5-19)22(30)29-12-17-10-28(11-18(17)13-29)21-8-6-20(7-9-21)24(25,26)27/h2-9,17-18H,10-15H2,1H3/i1D3. The molecule has 3 aliphatic rings. The van der Waals surface area contributed by atoms with E-state index in [0.29, 0.717) is 37.3 Å². The van der Waals surface area contributed by atoms with Crippen molar-refractivity contribution in [3.05, 3.63) is 65.2 Å². The highest BCUT2D eigenvalue weighted by Crippen LogP contribution is 2.37. The first-order valence-electron chi connectivity index (χ1n) is 12.0. The van der Waals surface area contributed by atoms with Crippen molar-refractivity contribution in [2.45, 2.75) is 11.8 Å². The van der Waals surface area contributed by atoms with Gasteiger partial charge in [0.1, 0.15) is 5.60 Å². The Kier molecular flexibility index (Phi) is 4.35. The molecule has 2 aromatic carbocycles. The van der Waals surface area contributed by atoms with E-state index < -0.39 is 24.4 Å². The van der Waals surface area contributed by atoms with E-state index in [1.54, 1.807) is 24.3 Å². The SMILES string of the molecule is [2H]C([2H])([2H])OC1(c2ccc(C(=O)N3CC4CN(c5ccc(C(F)(F)F)cc5)CC4C3)cc2)COC1. The molecule has 3 aliphatic heterocycles. The fourth-order valence-corrected chi connectivity index (χ4v) is 4.90. The Balaban J connectivity index is 1.20. The van der Waals surface area contributed by atoms with E-state index in [-0.39, 0.29) is 31.0 Å². The molecular weight excluding hydrogens is 421 g/mol. The van der Waals surface area contributed by atoms with Crippen molar-refractivity contribution in [1.82, 2.24) is 4.90 Å². The average Bonchev–Trinajstić information content (AvgIpc) is 3.34. The molecule has 170 valence electrons. The van der Waals surface area contributed by atoms with Crippen LogP contribution in [0.4, 0.5) is 18.9 Å². The van der Waals surface area contributed by atoms with Gasteiger partial charge >= 0.3 is 6.18 Å². The van der Waals surface area contributed by atoms with Gasteiger partial charge in [-0.05, 0) is 42.0 Å². The van der Waals surface area contributed by atoms with Gasteiger partial charge in [-0.25, -0.2) is 0 Å². The summed E-state index contributed by atoms with van der Waals surface area (Å²) in [6.07, 6.45) is -4.35. The number of amides is 1. The van der Waals surface area contributed by atoms with Crippen molar-refractivity contribution in [1.29, 1.82) is 0 Å². The van der Waals surface area contributed by atoms with E-state index in [0.717, 1.165) is 17.8 Å². The van der Waals surface area contributed by atoms with Gasteiger partial charge in [0.05, 0.1) is 22.9 Å². The summed E-state index contributed by atoms with van der Waals surface area (Å²) < 4.78 is 71.2. The molecule has 0 aromatic heterocycles. The summed E-state index contributed by atoms with van der Waals surface area (Å²) in [4.78, 5) is 17.0. The van der Waals surface area contributed by atoms with Crippen LogP contribution in [0.1, 0.15) is 25.6 Å². The van der Waals surface area contributed by atoms with Crippen LogP contribution in [0.3, 0.4) is 0 Å². The molecule has 2 aromatic rings. The average molecular weight is 449 g/mol. The number of hydrogen-bond acceptors (Lipinski definition) is 4. The molecule has 32 heavy (non-hydrogen) atoms. The number of nitrogens with zero attached hydrogens (tertiary/aromatic N) is 2. The maximum absolute atomic E-state index is 13.1. The number of hydrogen-bond donors (Lipinski definition) is 0. The Morgan fingerprint density at radius 2 is 1.66 bits per heavy atom. The minimum Gasteiger partial charge on any atom is -0.375 e. The third-order valence-corrected chi connectivity index (χ3v) is 6.86. The lowest BCUT2D eigenvalue weighted by molar-refractivity contribution is -0.202. The molecule has 8 heteroatoms.